The number of benzene rings is 4. The van der Waals surface area contributed by atoms with E-state index in [4.69, 9.17) is 9.97 Å². The third kappa shape index (κ3) is 4.54. The lowest BCUT2D eigenvalue weighted by molar-refractivity contribution is 0.596. The lowest BCUT2D eigenvalue weighted by Crippen LogP contribution is -2.23. The third-order valence-corrected chi connectivity index (χ3v) is 8.89. The van der Waals surface area contributed by atoms with E-state index >= 15 is 0 Å². The van der Waals surface area contributed by atoms with Crippen molar-refractivity contribution in [2.45, 2.75) is 38.5 Å². The number of rotatable bonds is 2. The van der Waals surface area contributed by atoms with Gasteiger partial charge in [-0.1, -0.05) is 98.8 Å². The van der Waals surface area contributed by atoms with Gasteiger partial charge in [-0.2, -0.15) is 0 Å². The Kier molecular flexibility index (Phi) is 6.17. The molecule has 1 aliphatic heterocycles. The molecule has 2 heteroatoms. The largest absolute Gasteiger partial charge is 0.252 e. The summed E-state index contributed by atoms with van der Waals surface area (Å²) in [6, 6.07) is 48.0. The zero-order chi connectivity index (χ0) is 28.9. The Balaban J connectivity index is 1.57. The highest BCUT2D eigenvalue weighted by Gasteiger charge is 2.30. The van der Waals surface area contributed by atoms with Crippen LogP contribution in [0.2, 0.25) is 0 Å². The van der Waals surface area contributed by atoms with Crippen LogP contribution in [-0.2, 0) is 10.8 Å². The number of fused-ring (bicyclic) bond motifs is 10. The lowest BCUT2D eigenvalue weighted by atomic mass is 9.75. The van der Waals surface area contributed by atoms with Crippen molar-refractivity contribution >= 4 is 0 Å². The molecule has 0 unspecified atom stereocenters. The van der Waals surface area contributed by atoms with Crippen molar-refractivity contribution in [1.29, 1.82) is 0 Å². The van der Waals surface area contributed by atoms with Crippen LogP contribution in [0, 0.1) is 0 Å². The summed E-state index contributed by atoms with van der Waals surface area (Å²) < 4.78 is 0. The highest BCUT2D eigenvalue weighted by molar-refractivity contribution is 5.76. The molecule has 8 bridgehead atoms. The first-order valence-electron chi connectivity index (χ1n) is 14.7. The molecule has 204 valence electrons. The minimum absolute atomic E-state index is 0.294. The van der Waals surface area contributed by atoms with Gasteiger partial charge in [0.05, 0.1) is 22.8 Å². The van der Waals surface area contributed by atoms with Gasteiger partial charge in [-0.05, 0) is 95.8 Å². The van der Waals surface area contributed by atoms with Crippen LogP contribution in [-0.4, -0.2) is 9.97 Å². The van der Waals surface area contributed by atoms with Crippen molar-refractivity contribution in [2.75, 3.05) is 0 Å². The van der Waals surface area contributed by atoms with Gasteiger partial charge in [-0.3, -0.25) is 9.97 Å². The van der Waals surface area contributed by atoms with Crippen LogP contribution in [0.4, 0.5) is 0 Å². The van der Waals surface area contributed by atoms with Crippen LogP contribution in [0.15, 0.2) is 133 Å². The molecule has 4 aromatic carbocycles. The normalized spacial score (nSPS) is 14.6. The Morgan fingerprint density at radius 2 is 0.762 bits per heavy atom. The van der Waals surface area contributed by atoms with Crippen molar-refractivity contribution in [2.24, 2.45) is 0 Å². The van der Waals surface area contributed by atoms with E-state index in [0.717, 1.165) is 33.9 Å². The highest BCUT2D eigenvalue weighted by Crippen LogP contribution is 2.41. The minimum Gasteiger partial charge on any atom is -0.252 e. The fraction of sp³-hybridized carbons (Fsp3) is 0.150. The van der Waals surface area contributed by atoms with Crippen molar-refractivity contribution in [1.82, 2.24) is 9.97 Å². The Hall–Kier alpha value is -4.82. The van der Waals surface area contributed by atoms with E-state index in [9.17, 15) is 0 Å². The van der Waals surface area contributed by atoms with E-state index < -0.39 is 0 Å². The highest BCUT2D eigenvalue weighted by atomic mass is 14.8. The molecule has 42 heavy (non-hydrogen) atoms. The molecule has 2 aromatic heterocycles. The third-order valence-electron chi connectivity index (χ3n) is 8.89. The summed E-state index contributed by atoms with van der Waals surface area (Å²) >= 11 is 0. The van der Waals surface area contributed by atoms with Gasteiger partial charge in [0.2, 0.25) is 0 Å². The van der Waals surface area contributed by atoms with Crippen LogP contribution in [0.5, 0.6) is 0 Å². The molecular formula is C40H34N2. The molecule has 0 saturated heterocycles. The maximum Gasteiger partial charge on any atom is 0.0706 e. The number of aromatic nitrogens is 2. The maximum absolute atomic E-state index is 5.27. The van der Waals surface area contributed by atoms with Gasteiger partial charge < -0.3 is 0 Å². The molecule has 0 spiro atoms. The summed E-state index contributed by atoms with van der Waals surface area (Å²) in [6.07, 6.45) is 0. The number of hydrogen-bond donors (Lipinski definition) is 0. The van der Waals surface area contributed by atoms with Crippen LogP contribution >= 0.6 is 0 Å². The van der Waals surface area contributed by atoms with Crippen molar-refractivity contribution in [3.8, 4) is 44.8 Å². The topological polar surface area (TPSA) is 25.8 Å². The molecule has 0 saturated carbocycles. The van der Waals surface area contributed by atoms with Gasteiger partial charge in [0.15, 0.2) is 0 Å². The molecule has 0 aliphatic carbocycles. The average molecular weight is 543 g/mol. The molecular weight excluding hydrogens is 508 g/mol. The average Bonchev–Trinajstić information content (AvgIpc) is 3.05. The molecule has 0 atom stereocenters. The van der Waals surface area contributed by atoms with Gasteiger partial charge in [0, 0.05) is 22.0 Å². The van der Waals surface area contributed by atoms with E-state index in [2.05, 4.69) is 161 Å². The van der Waals surface area contributed by atoms with Crippen LogP contribution in [0.25, 0.3) is 44.8 Å². The molecule has 2 nitrogen and oxygen atoms in total. The molecule has 0 fully saturated rings. The molecule has 0 N–H and O–H groups in total. The van der Waals surface area contributed by atoms with Crippen LogP contribution in [0.1, 0.15) is 50.2 Å². The van der Waals surface area contributed by atoms with Gasteiger partial charge in [0.25, 0.3) is 0 Å². The molecule has 6 aromatic rings. The van der Waals surface area contributed by atoms with E-state index in [1.54, 1.807) is 0 Å². The standard InChI is InChI=1S/C40H34N2/c1-39(2)33-23-29(27-13-7-5-8-14-27)21-31(25-33)35-17-11-19-37(41-35)40(3,4)38-20-12-18-36(42-38)32-22-30(24-34(39)26-32)28-15-9-6-10-16-28/h5-26H,1-4H3. The van der Waals surface area contributed by atoms with Gasteiger partial charge >= 0.3 is 0 Å². The monoisotopic (exact) mass is 542 g/mol. The summed E-state index contributed by atoms with van der Waals surface area (Å²) in [5.41, 5.74) is 12.8. The minimum atomic E-state index is -0.380. The summed E-state index contributed by atoms with van der Waals surface area (Å²) in [5.74, 6) is 0. The summed E-state index contributed by atoms with van der Waals surface area (Å²) in [6.45, 7) is 9.10. The number of nitrogens with zero attached hydrogens (tertiary/aromatic N) is 2. The Morgan fingerprint density at radius 1 is 0.357 bits per heavy atom. The molecule has 0 amide bonds. The Labute approximate surface area is 248 Å². The first-order valence-corrected chi connectivity index (χ1v) is 14.7. The lowest BCUT2D eigenvalue weighted by Gasteiger charge is -2.30. The fourth-order valence-electron chi connectivity index (χ4n) is 6.05. The smallest absolute Gasteiger partial charge is 0.0706 e. The second kappa shape index (κ2) is 9.92. The SMILES string of the molecule is CC1(C)c2cc(-c3ccccc3)cc(c2)-c2cccc(n2)C(C)(C)c2cccc(n2)-c2cc(-c3ccccc3)cc1c2. The first kappa shape index (κ1) is 26.1. The van der Waals surface area contributed by atoms with E-state index in [-0.39, 0.29) is 10.8 Å². The Bertz CT molecular complexity index is 1780. The van der Waals surface area contributed by atoms with Gasteiger partial charge in [-0.25, -0.2) is 0 Å². The summed E-state index contributed by atoms with van der Waals surface area (Å²) in [4.78, 5) is 10.5. The Morgan fingerprint density at radius 3 is 1.19 bits per heavy atom. The van der Waals surface area contributed by atoms with Gasteiger partial charge in [-0.15, -0.1) is 0 Å². The van der Waals surface area contributed by atoms with E-state index in [1.807, 2.05) is 0 Å². The van der Waals surface area contributed by atoms with Crippen molar-refractivity contribution in [3.05, 3.63) is 156 Å². The van der Waals surface area contributed by atoms with E-state index in [0.29, 0.717) is 0 Å². The maximum atomic E-state index is 5.27. The second-order valence-electron chi connectivity index (χ2n) is 12.4. The zero-order valence-corrected chi connectivity index (χ0v) is 24.6. The second-order valence-corrected chi connectivity index (χ2v) is 12.4. The fourth-order valence-corrected chi connectivity index (χ4v) is 6.05. The number of pyridine rings is 2. The van der Waals surface area contributed by atoms with Crippen molar-refractivity contribution < 1.29 is 0 Å². The van der Waals surface area contributed by atoms with E-state index in [1.165, 1.54) is 33.4 Å². The predicted octanol–water partition coefficient (Wildman–Crippen LogP) is 10.1. The zero-order valence-electron chi connectivity index (χ0n) is 24.6. The number of hydrogen-bond acceptors (Lipinski definition) is 2. The molecule has 1 aliphatic rings. The van der Waals surface area contributed by atoms with Crippen molar-refractivity contribution in [3.63, 3.8) is 0 Å². The summed E-state index contributed by atoms with van der Waals surface area (Å²) in [5, 5.41) is 0. The molecule has 0 radical (unpaired) electrons. The molecule has 3 heterocycles. The van der Waals surface area contributed by atoms with Gasteiger partial charge in [0.1, 0.15) is 0 Å². The van der Waals surface area contributed by atoms with Crippen LogP contribution < -0.4 is 0 Å². The quantitative estimate of drug-likeness (QED) is 0.218. The molecule has 7 rings (SSSR count). The predicted molar refractivity (Wildman–Crippen MR) is 174 cm³/mol. The summed E-state index contributed by atoms with van der Waals surface area (Å²) in [7, 11) is 0. The van der Waals surface area contributed by atoms with Crippen LogP contribution in [0.3, 0.4) is 0 Å². The first-order chi connectivity index (χ1) is 20.3.